The number of ether oxygens (including phenoxy) is 2. The number of amides is 1. The molecule has 5 heteroatoms. The summed E-state index contributed by atoms with van der Waals surface area (Å²) in [6.07, 6.45) is 0.857. The summed E-state index contributed by atoms with van der Waals surface area (Å²) in [6, 6.07) is 23.0. The summed E-state index contributed by atoms with van der Waals surface area (Å²) in [5, 5.41) is 2.89. The number of halogens is 1. The predicted octanol–water partition coefficient (Wildman–Crippen LogP) is 5.17. The molecule has 0 radical (unpaired) electrons. The van der Waals surface area contributed by atoms with Gasteiger partial charge in [0.2, 0.25) is 0 Å². The van der Waals surface area contributed by atoms with E-state index in [0.29, 0.717) is 12.2 Å². The molecular weight excluding hydrogens is 453 g/mol. The van der Waals surface area contributed by atoms with E-state index >= 15 is 0 Å². The maximum atomic E-state index is 12.4. The van der Waals surface area contributed by atoms with Gasteiger partial charge in [0, 0.05) is 17.7 Å². The number of anilines is 1. The van der Waals surface area contributed by atoms with E-state index in [4.69, 9.17) is 9.47 Å². The Balaban J connectivity index is 1.54. The molecule has 0 heterocycles. The van der Waals surface area contributed by atoms with Gasteiger partial charge in [-0.3, -0.25) is 4.79 Å². The molecule has 0 unspecified atom stereocenters. The van der Waals surface area contributed by atoms with Crippen molar-refractivity contribution in [2.75, 3.05) is 19.0 Å². The Bertz CT molecular complexity index is 895. The van der Waals surface area contributed by atoms with E-state index < -0.39 is 0 Å². The van der Waals surface area contributed by atoms with Crippen molar-refractivity contribution in [3.05, 3.63) is 87.5 Å². The quantitative estimate of drug-likeness (QED) is 0.482. The van der Waals surface area contributed by atoms with Crippen LogP contribution < -0.4 is 14.8 Å². The lowest BCUT2D eigenvalue weighted by atomic mass is 10.2. The third-order valence-electron chi connectivity index (χ3n) is 4.03. The number of carbonyl (C=O) groups is 1. The second kappa shape index (κ2) is 9.41. The Morgan fingerprint density at radius 3 is 2.41 bits per heavy atom. The number of hydrogen-bond acceptors (Lipinski definition) is 3. The first-order valence-electron chi connectivity index (χ1n) is 8.57. The van der Waals surface area contributed by atoms with Crippen LogP contribution in [-0.4, -0.2) is 19.6 Å². The normalized spacial score (nSPS) is 10.3. The molecule has 0 aliphatic heterocycles. The van der Waals surface area contributed by atoms with Gasteiger partial charge in [-0.1, -0.05) is 30.3 Å². The average Bonchev–Trinajstić information content (AvgIpc) is 2.70. The number of nitrogens with one attached hydrogen (secondary N) is 1. The molecule has 1 N–H and O–H groups in total. The van der Waals surface area contributed by atoms with Crippen molar-refractivity contribution in [3.8, 4) is 11.5 Å². The van der Waals surface area contributed by atoms with E-state index in [2.05, 4.69) is 40.0 Å². The topological polar surface area (TPSA) is 47.6 Å². The summed E-state index contributed by atoms with van der Waals surface area (Å²) in [4.78, 5) is 12.4. The SMILES string of the molecule is COc1ccc(C(=O)Nc2ccc(OCCc3ccccc3)cc2)cc1I. The van der Waals surface area contributed by atoms with E-state index in [-0.39, 0.29) is 5.91 Å². The van der Waals surface area contributed by atoms with Gasteiger partial charge in [0.05, 0.1) is 17.3 Å². The molecule has 3 rings (SSSR count). The van der Waals surface area contributed by atoms with Crippen LogP contribution in [0, 0.1) is 3.57 Å². The fraction of sp³-hybridized carbons (Fsp3) is 0.136. The lowest BCUT2D eigenvalue weighted by Gasteiger charge is -2.09. The molecular formula is C22H20INO3. The molecule has 4 nitrogen and oxygen atoms in total. The minimum Gasteiger partial charge on any atom is -0.496 e. The van der Waals surface area contributed by atoms with E-state index in [9.17, 15) is 4.79 Å². The molecule has 0 aliphatic rings. The van der Waals surface area contributed by atoms with Gasteiger partial charge in [0.25, 0.3) is 5.91 Å². The fourth-order valence-corrected chi connectivity index (χ4v) is 3.31. The molecule has 3 aromatic rings. The Morgan fingerprint density at radius 2 is 1.74 bits per heavy atom. The van der Waals surface area contributed by atoms with Gasteiger partial charge in [0.15, 0.2) is 0 Å². The van der Waals surface area contributed by atoms with Crippen molar-refractivity contribution < 1.29 is 14.3 Å². The maximum Gasteiger partial charge on any atom is 0.255 e. The summed E-state index contributed by atoms with van der Waals surface area (Å²) < 4.78 is 11.9. The summed E-state index contributed by atoms with van der Waals surface area (Å²) in [7, 11) is 1.61. The molecule has 138 valence electrons. The lowest BCUT2D eigenvalue weighted by Crippen LogP contribution is -2.12. The summed E-state index contributed by atoms with van der Waals surface area (Å²) in [5.41, 5.74) is 2.56. The zero-order valence-electron chi connectivity index (χ0n) is 14.9. The molecule has 0 bridgehead atoms. The van der Waals surface area contributed by atoms with E-state index in [1.807, 2.05) is 42.5 Å². The van der Waals surface area contributed by atoms with Crippen molar-refractivity contribution in [1.29, 1.82) is 0 Å². The summed E-state index contributed by atoms with van der Waals surface area (Å²) in [6.45, 7) is 0.611. The van der Waals surface area contributed by atoms with Gasteiger partial charge in [-0.05, 0) is 70.6 Å². The zero-order valence-corrected chi connectivity index (χ0v) is 17.1. The second-order valence-corrected chi connectivity index (χ2v) is 7.07. The van der Waals surface area contributed by atoms with Crippen LogP contribution in [0.2, 0.25) is 0 Å². The number of rotatable bonds is 7. The maximum absolute atomic E-state index is 12.4. The zero-order chi connectivity index (χ0) is 19.1. The minimum absolute atomic E-state index is 0.159. The third kappa shape index (κ3) is 5.47. The highest BCUT2D eigenvalue weighted by molar-refractivity contribution is 14.1. The van der Waals surface area contributed by atoms with Crippen LogP contribution in [0.25, 0.3) is 0 Å². The third-order valence-corrected chi connectivity index (χ3v) is 4.87. The molecule has 0 atom stereocenters. The standard InChI is InChI=1S/C22H20INO3/c1-26-21-12-7-17(15-20(21)23)22(25)24-18-8-10-19(11-9-18)27-14-13-16-5-3-2-4-6-16/h2-12,15H,13-14H2,1H3,(H,24,25). The first-order chi connectivity index (χ1) is 13.2. The number of hydrogen-bond donors (Lipinski definition) is 1. The molecule has 0 saturated carbocycles. The number of carbonyl (C=O) groups excluding carboxylic acids is 1. The van der Waals surface area contributed by atoms with Crippen LogP contribution in [0.15, 0.2) is 72.8 Å². The van der Waals surface area contributed by atoms with Crippen LogP contribution in [0.1, 0.15) is 15.9 Å². The van der Waals surface area contributed by atoms with E-state index in [0.717, 1.165) is 27.2 Å². The van der Waals surface area contributed by atoms with Gasteiger partial charge in [-0.2, -0.15) is 0 Å². The van der Waals surface area contributed by atoms with Crippen LogP contribution >= 0.6 is 22.6 Å². The Hall–Kier alpha value is -2.54. The monoisotopic (exact) mass is 473 g/mol. The molecule has 0 saturated heterocycles. The van der Waals surface area contributed by atoms with Crippen LogP contribution in [0.5, 0.6) is 11.5 Å². The number of methoxy groups -OCH3 is 1. The summed E-state index contributed by atoms with van der Waals surface area (Å²) >= 11 is 2.15. The molecule has 0 aliphatic carbocycles. The van der Waals surface area contributed by atoms with Crippen molar-refractivity contribution in [3.63, 3.8) is 0 Å². The number of benzene rings is 3. The Labute approximate surface area is 172 Å². The van der Waals surface area contributed by atoms with Crippen LogP contribution in [0.3, 0.4) is 0 Å². The molecule has 0 aromatic heterocycles. The van der Waals surface area contributed by atoms with E-state index in [1.54, 1.807) is 25.3 Å². The van der Waals surface area contributed by atoms with Crippen LogP contribution in [0.4, 0.5) is 5.69 Å². The molecule has 0 spiro atoms. The second-order valence-electron chi connectivity index (χ2n) is 5.91. The predicted molar refractivity (Wildman–Crippen MR) is 116 cm³/mol. The van der Waals surface area contributed by atoms with Gasteiger partial charge >= 0.3 is 0 Å². The van der Waals surface area contributed by atoms with Crippen molar-refractivity contribution in [2.45, 2.75) is 6.42 Å². The largest absolute Gasteiger partial charge is 0.496 e. The first-order valence-corrected chi connectivity index (χ1v) is 9.65. The average molecular weight is 473 g/mol. The molecule has 0 fully saturated rings. The van der Waals surface area contributed by atoms with Crippen molar-refractivity contribution in [2.24, 2.45) is 0 Å². The first kappa shape index (κ1) is 19.2. The minimum atomic E-state index is -0.159. The molecule has 27 heavy (non-hydrogen) atoms. The highest BCUT2D eigenvalue weighted by Crippen LogP contribution is 2.22. The fourth-order valence-electron chi connectivity index (χ4n) is 2.58. The van der Waals surface area contributed by atoms with Crippen molar-refractivity contribution in [1.82, 2.24) is 0 Å². The van der Waals surface area contributed by atoms with Crippen LogP contribution in [-0.2, 0) is 6.42 Å². The molecule has 1 amide bonds. The lowest BCUT2D eigenvalue weighted by molar-refractivity contribution is 0.102. The summed E-state index contributed by atoms with van der Waals surface area (Å²) in [5.74, 6) is 1.38. The van der Waals surface area contributed by atoms with Crippen molar-refractivity contribution >= 4 is 34.2 Å². The van der Waals surface area contributed by atoms with Gasteiger partial charge in [-0.25, -0.2) is 0 Å². The molecule has 3 aromatic carbocycles. The smallest absolute Gasteiger partial charge is 0.255 e. The Kier molecular flexibility index (Phi) is 6.70. The van der Waals surface area contributed by atoms with Gasteiger partial charge in [0.1, 0.15) is 11.5 Å². The Morgan fingerprint density at radius 1 is 1.00 bits per heavy atom. The highest BCUT2D eigenvalue weighted by atomic mass is 127. The highest BCUT2D eigenvalue weighted by Gasteiger charge is 2.09. The van der Waals surface area contributed by atoms with E-state index in [1.165, 1.54) is 5.56 Å². The van der Waals surface area contributed by atoms with Gasteiger partial charge in [-0.15, -0.1) is 0 Å². The van der Waals surface area contributed by atoms with Gasteiger partial charge < -0.3 is 14.8 Å².